The van der Waals surface area contributed by atoms with E-state index in [9.17, 15) is 5.11 Å². The van der Waals surface area contributed by atoms with E-state index < -0.39 is 0 Å². The Hall–Kier alpha value is -1.76. The number of anilines is 1. The fourth-order valence-electron chi connectivity index (χ4n) is 2.36. The van der Waals surface area contributed by atoms with Gasteiger partial charge in [-0.05, 0) is 35.4 Å². The van der Waals surface area contributed by atoms with Gasteiger partial charge < -0.3 is 10.4 Å². The molecule has 7 heteroatoms. The molecule has 2 aromatic heterocycles. The average molecular weight is 234 g/mol. The lowest BCUT2D eigenvalue weighted by Gasteiger charge is -2.28. The zero-order valence-electron chi connectivity index (χ0n) is 9.37. The van der Waals surface area contributed by atoms with Crippen LogP contribution in [0.3, 0.4) is 0 Å². The van der Waals surface area contributed by atoms with Crippen molar-refractivity contribution in [3.8, 4) is 0 Å². The molecule has 2 aromatic rings. The number of fused-ring (bicyclic) bond motifs is 1. The van der Waals surface area contributed by atoms with Gasteiger partial charge in [0.1, 0.15) is 5.82 Å². The lowest BCUT2D eigenvalue weighted by atomic mass is 9.99. The molecule has 0 atom stereocenters. The van der Waals surface area contributed by atoms with E-state index in [1.165, 1.54) is 4.63 Å². The topological polar surface area (TPSA) is 88.2 Å². The molecule has 3 rings (SSSR count). The zero-order valence-corrected chi connectivity index (χ0v) is 9.37. The third-order valence-electron chi connectivity index (χ3n) is 3.33. The van der Waals surface area contributed by atoms with Crippen LogP contribution in [0.1, 0.15) is 25.7 Å². The second-order valence-corrected chi connectivity index (χ2v) is 4.52. The molecule has 2 N–H and O–H groups in total. The number of nitrogens with one attached hydrogen (secondary N) is 1. The summed E-state index contributed by atoms with van der Waals surface area (Å²) in [6.07, 6.45) is 4.22. The quantitative estimate of drug-likeness (QED) is 0.790. The van der Waals surface area contributed by atoms with Crippen LogP contribution in [0.5, 0.6) is 0 Å². The summed E-state index contributed by atoms with van der Waals surface area (Å²) in [6, 6.07) is 3.64. The number of aliphatic hydroxyl groups is 1. The van der Waals surface area contributed by atoms with Crippen LogP contribution < -0.4 is 5.32 Å². The van der Waals surface area contributed by atoms with E-state index in [1.54, 1.807) is 6.07 Å². The Labute approximate surface area is 97.8 Å². The Morgan fingerprint density at radius 2 is 2.18 bits per heavy atom. The smallest absolute Gasteiger partial charge is 0.200 e. The van der Waals surface area contributed by atoms with Crippen molar-refractivity contribution >= 4 is 11.5 Å². The van der Waals surface area contributed by atoms with Gasteiger partial charge in [0.15, 0.2) is 5.65 Å². The summed E-state index contributed by atoms with van der Waals surface area (Å²) in [5.74, 6) is 0.695. The number of tetrazole rings is 1. The third-order valence-corrected chi connectivity index (χ3v) is 3.33. The highest BCUT2D eigenvalue weighted by Gasteiger charge is 2.33. The summed E-state index contributed by atoms with van der Waals surface area (Å²) in [7, 11) is 0. The SMILES string of the molecule is OCC1(Nc2ccc3nnnn3n2)CCCC1. The van der Waals surface area contributed by atoms with Crippen molar-refractivity contribution in [1.29, 1.82) is 0 Å². The molecule has 90 valence electrons. The first-order chi connectivity index (χ1) is 8.31. The number of hydrogen-bond donors (Lipinski definition) is 2. The molecular weight excluding hydrogens is 220 g/mol. The van der Waals surface area contributed by atoms with Crippen LogP contribution >= 0.6 is 0 Å². The maximum absolute atomic E-state index is 9.51. The lowest BCUT2D eigenvalue weighted by Crippen LogP contribution is -2.39. The fourth-order valence-corrected chi connectivity index (χ4v) is 2.36. The Bertz CT molecular complexity index is 518. The molecule has 0 unspecified atom stereocenters. The molecule has 0 aliphatic heterocycles. The molecule has 0 bridgehead atoms. The standard InChI is InChI=1S/C10H14N6O/c17-7-10(5-1-2-6-10)11-8-3-4-9-12-14-15-16(9)13-8/h3-4,17H,1-2,5-7H2,(H,11,13). The van der Waals surface area contributed by atoms with Gasteiger partial charge in [0.2, 0.25) is 0 Å². The minimum Gasteiger partial charge on any atom is -0.394 e. The van der Waals surface area contributed by atoms with Gasteiger partial charge >= 0.3 is 0 Å². The molecule has 1 fully saturated rings. The van der Waals surface area contributed by atoms with Crippen molar-refractivity contribution in [3.05, 3.63) is 12.1 Å². The summed E-state index contributed by atoms with van der Waals surface area (Å²) in [4.78, 5) is 0. The lowest BCUT2D eigenvalue weighted by molar-refractivity contribution is 0.213. The van der Waals surface area contributed by atoms with Gasteiger partial charge in [0.25, 0.3) is 0 Å². The Morgan fingerprint density at radius 1 is 1.35 bits per heavy atom. The fraction of sp³-hybridized carbons (Fsp3) is 0.600. The highest BCUT2D eigenvalue weighted by molar-refractivity contribution is 5.44. The van der Waals surface area contributed by atoms with Crippen LogP contribution in [0.15, 0.2) is 12.1 Å². The molecule has 0 amide bonds. The highest BCUT2D eigenvalue weighted by atomic mass is 16.3. The molecular formula is C10H14N6O. The number of hydrogen-bond acceptors (Lipinski definition) is 6. The highest BCUT2D eigenvalue weighted by Crippen LogP contribution is 2.32. The molecule has 1 aliphatic rings. The van der Waals surface area contributed by atoms with Crippen molar-refractivity contribution in [1.82, 2.24) is 25.3 Å². The van der Waals surface area contributed by atoms with E-state index in [1.807, 2.05) is 6.07 Å². The molecule has 17 heavy (non-hydrogen) atoms. The first kappa shape index (κ1) is 10.4. The summed E-state index contributed by atoms with van der Waals surface area (Å²) in [6.45, 7) is 0.127. The van der Waals surface area contributed by atoms with Crippen LogP contribution in [0.25, 0.3) is 5.65 Å². The largest absolute Gasteiger partial charge is 0.394 e. The molecule has 2 heterocycles. The summed E-state index contributed by atoms with van der Waals surface area (Å²) in [5.41, 5.74) is 0.384. The number of aromatic nitrogens is 5. The van der Waals surface area contributed by atoms with Crippen LogP contribution in [-0.2, 0) is 0 Å². The van der Waals surface area contributed by atoms with Gasteiger partial charge in [-0.15, -0.1) is 14.8 Å². The minimum absolute atomic E-state index is 0.127. The number of nitrogens with zero attached hydrogens (tertiary/aromatic N) is 5. The summed E-state index contributed by atoms with van der Waals surface area (Å²) >= 11 is 0. The Balaban J connectivity index is 1.88. The molecule has 0 saturated heterocycles. The van der Waals surface area contributed by atoms with Crippen molar-refractivity contribution in [2.45, 2.75) is 31.2 Å². The van der Waals surface area contributed by atoms with Crippen LogP contribution in [0, 0.1) is 0 Å². The maximum Gasteiger partial charge on any atom is 0.200 e. The van der Waals surface area contributed by atoms with E-state index in [-0.39, 0.29) is 12.1 Å². The van der Waals surface area contributed by atoms with Gasteiger partial charge in [-0.25, -0.2) is 0 Å². The van der Waals surface area contributed by atoms with Crippen LogP contribution in [-0.4, -0.2) is 42.5 Å². The molecule has 0 radical (unpaired) electrons. The van der Waals surface area contributed by atoms with Crippen LogP contribution in [0.4, 0.5) is 5.82 Å². The Morgan fingerprint density at radius 3 is 2.94 bits per heavy atom. The van der Waals surface area contributed by atoms with Crippen molar-refractivity contribution < 1.29 is 5.11 Å². The molecule has 1 saturated carbocycles. The van der Waals surface area contributed by atoms with Gasteiger partial charge in [-0.1, -0.05) is 12.8 Å². The minimum atomic E-state index is -0.227. The second kappa shape index (κ2) is 3.92. The first-order valence-electron chi connectivity index (χ1n) is 5.76. The van der Waals surface area contributed by atoms with Gasteiger partial charge in [0.05, 0.1) is 12.1 Å². The normalized spacial score (nSPS) is 18.6. The van der Waals surface area contributed by atoms with E-state index in [2.05, 4.69) is 25.9 Å². The van der Waals surface area contributed by atoms with E-state index in [0.29, 0.717) is 11.5 Å². The van der Waals surface area contributed by atoms with Crippen molar-refractivity contribution in [3.63, 3.8) is 0 Å². The predicted molar refractivity (Wildman–Crippen MR) is 60.5 cm³/mol. The second-order valence-electron chi connectivity index (χ2n) is 4.52. The number of rotatable bonds is 3. The van der Waals surface area contributed by atoms with Gasteiger partial charge in [-0.3, -0.25) is 0 Å². The van der Waals surface area contributed by atoms with E-state index in [0.717, 1.165) is 25.7 Å². The van der Waals surface area contributed by atoms with Crippen LogP contribution in [0.2, 0.25) is 0 Å². The molecule has 1 aliphatic carbocycles. The van der Waals surface area contributed by atoms with Crippen molar-refractivity contribution in [2.24, 2.45) is 0 Å². The monoisotopic (exact) mass is 234 g/mol. The molecule has 7 nitrogen and oxygen atoms in total. The first-order valence-corrected chi connectivity index (χ1v) is 5.76. The van der Waals surface area contributed by atoms with E-state index in [4.69, 9.17) is 0 Å². The van der Waals surface area contributed by atoms with Gasteiger partial charge in [-0.2, -0.15) is 0 Å². The number of aliphatic hydroxyl groups excluding tert-OH is 1. The molecule has 0 spiro atoms. The predicted octanol–water partition coefficient (Wildman–Crippen LogP) is 0.236. The zero-order chi connectivity index (χ0) is 11.7. The summed E-state index contributed by atoms with van der Waals surface area (Å²) < 4.78 is 1.38. The Kier molecular flexibility index (Phi) is 2.40. The summed E-state index contributed by atoms with van der Waals surface area (Å²) in [5, 5.41) is 28.1. The van der Waals surface area contributed by atoms with E-state index >= 15 is 0 Å². The van der Waals surface area contributed by atoms with Gasteiger partial charge in [0, 0.05) is 0 Å². The average Bonchev–Trinajstić information content (AvgIpc) is 2.97. The maximum atomic E-state index is 9.51. The molecule has 0 aromatic carbocycles. The third kappa shape index (κ3) is 1.82. The van der Waals surface area contributed by atoms with Crippen molar-refractivity contribution in [2.75, 3.05) is 11.9 Å².